The van der Waals surface area contributed by atoms with E-state index in [1.807, 2.05) is 112 Å². The first-order chi connectivity index (χ1) is 16.3. The number of rotatable bonds is 5. The molecule has 0 saturated heterocycles. The van der Waals surface area contributed by atoms with E-state index in [1.54, 1.807) is 12.1 Å². The summed E-state index contributed by atoms with van der Waals surface area (Å²) in [5.41, 5.74) is 4.21. The van der Waals surface area contributed by atoms with Crippen molar-refractivity contribution in [1.29, 1.82) is 0 Å². The van der Waals surface area contributed by atoms with Crippen LogP contribution in [0.2, 0.25) is 0 Å². The summed E-state index contributed by atoms with van der Waals surface area (Å²) in [6.45, 7) is 5.45. The van der Waals surface area contributed by atoms with Gasteiger partial charge in [0, 0.05) is 5.56 Å². The number of esters is 1. The third kappa shape index (κ3) is 5.41. The third-order valence-corrected chi connectivity index (χ3v) is 5.25. The summed E-state index contributed by atoms with van der Waals surface area (Å²) in [7, 11) is 0. The minimum absolute atomic E-state index is 0.297. The Hall–Kier alpha value is -4.18. The van der Waals surface area contributed by atoms with E-state index in [-0.39, 0.29) is 5.91 Å². The fourth-order valence-corrected chi connectivity index (χ4v) is 3.71. The smallest absolute Gasteiger partial charge is 0.340 e. The maximum Gasteiger partial charge on any atom is 0.340 e. The van der Waals surface area contributed by atoms with Crippen LogP contribution in [-0.4, -0.2) is 17.5 Å². The number of hydrogen-bond acceptors (Lipinski definition) is 3. The number of ether oxygens (including phenoxy) is 1. The number of anilines is 1. The van der Waals surface area contributed by atoms with Crippen molar-refractivity contribution >= 4 is 17.6 Å². The SMILES string of the molecule is CC(C)(C)OC(=O)c1ccc(-c2ccccc2)cc1NC(=O)c1ccccc1-c1ccccc1. The maximum absolute atomic E-state index is 13.5. The van der Waals surface area contributed by atoms with E-state index in [1.165, 1.54) is 0 Å². The molecule has 0 aromatic heterocycles. The van der Waals surface area contributed by atoms with Gasteiger partial charge < -0.3 is 10.1 Å². The van der Waals surface area contributed by atoms with Crippen LogP contribution in [-0.2, 0) is 4.74 Å². The highest BCUT2D eigenvalue weighted by molar-refractivity contribution is 6.11. The molecule has 0 aliphatic carbocycles. The Morgan fingerprint density at radius 3 is 1.88 bits per heavy atom. The maximum atomic E-state index is 13.5. The Bertz CT molecular complexity index is 1310. The fraction of sp³-hybridized carbons (Fsp3) is 0.133. The molecule has 4 rings (SSSR count). The molecule has 4 heteroatoms. The summed E-state index contributed by atoms with van der Waals surface area (Å²) in [5.74, 6) is -0.784. The largest absolute Gasteiger partial charge is 0.456 e. The summed E-state index contributed by atoms with van der Waals surface area (Å²) >= 11 is 0. The van der Waals surface area contributed by atoms with Crippen LogP contribution in [0.5, 0.6) is 0 Å². The predicted molar refractivity (Wildman–Crippen MR) is 137 cm³/mol. The van der Waals surface area contributed by atoms with E-state index in [4.69, 9.17) is 4.74 Å². The molecule has 0 aliphatic rings. The summed E-state index contributed by atoms with van der Waals surface area (Å²) in [6.07, 6.45) is 0. The second-order valence-electron chi connectivity index (χ2n) is 8.99. The van der Waals surface area contributed by atoms with Crippen molar-refractivity contribution in [2.75, 3.05) is 5.32 Å². The minimum Gasteiger partial charge on any atom is -0.456 e. The minimum atomic E-state index is -0.656. The predicted octanol–water partition coefficient (Wildman–Crippen LogP) is 7.23. The molecule has 0 spiro atoms. The molecule has 0 fully saturated rings. The lowest BCUT2D eigenvalue weighted by Crippen LogP contribution is -2.25. The normalized spacial score (nSPS) is 11.0. The van der Waals surface area contributed by atoms with Crippen molar-refractivity contribution in [2.24, 2.45) is 0 Å². The number of nitrogens with one attached hydrogen (secondary N) is 1. The second-order valence-corrected chi connectivity index (χ2v) is 8.99. The van der Waals surface area contributed by atoms with Gasteiger partial charge in [0.25, 0.3) is 5.91 Å². The molecule has 4 aromatic carbocycles. The van der Waals surface area contributed by atoms with Crippen molar-refractivity contribution in [1.82, 2.24) is 0 Å². The average Bonchev–Trinajstić information content (AvgIpc) is 2.84. The topological polar surface area (TPSA) is 55.4 Å². The number of benzene rings is 4. The molecule has 4 aromatic rings. The Kier molecular flexibility index (Phi) is 6.60. The average molecular weight is 450 g/mol. The van der Waals surface area contributed by atoms with Crippen molar-refractivity contribution < 1.29 is 14.3 Å². The van der Waals surface area contributed by atoms with Gasteiger partial charge in [-0.25, -0.2) is 4.79 Å². The molecule has 0 aliphatic heterocycles. The molecule has 1 amide bonds. The van der Waals surface area contributed by atoms with Gasteiger partial charge in [0.2, 0.25) is 0 Å². The summed E-state index contributed by atoms with van der Waals surface area (Å²) in [6, 6.07) is 32.4. The number of hydrogen-bond donors (Lipinski definition) is 1. The molecule has 0 radical (unpaired) electrons. The van der Waals surface area contributed by atoms with Crippen molar-refractivity contribution in [3.8, 4) is 22.3 Å². The fourth-order valence-electron chi connectivity index (χ4n) is 3.71. The summed E-state index contributed by atoms with van der Waals surface area (Å²) < 4.78 is 5.60. The van der Waals surface area contributed by atoms with Gasteiger partial charge in [-0.15, -0.1) is 0 Å². The molecule has 1 N–H and O–H groups in total. The third-order valence-electron chi connectivity index (χ3n) is 5.25. The van der Waals surface area contributed by atoms with Crippen LogP contribution in [0.3, 0.4) is 0 Å². The van der Waals surface area contributed by atoms with E-state index in [2.05, 4.69) is 5.32 Å². The van der Waals surface area contributed by atoms with Crippen molar-refractivity contribution in [2.45, 2.75) is 26.4 Å². The van der Waals surface area contributed by atoms with Gasteiger partial charge in [0.05, 0.1) is 11.3 Å². The molecule has 0 unspecified atom stereocenters. The van der Waals surface area contributed by atoms with Crippen molar-refractivity contribution in [3.63, 3.8) is 0 Å². The summed E-state index contributed by atoms with van der Waals surface area (Å²) in [5, 5.41) is 2.97. The Labute approximate surface area is 200 Å². The van der Waals surface area contributed by atoms with E-state index in [0.717, 1.165) is 22.3 Å². The molecular weight excluding hydrogens is 422 g/mol. The highest BCUT2D eigenvalue weighted by Crippen LogP contribution is 2.29. The summed E-state index contributed by atoms with van der Waals surface area (Å²) in [4.78, 5) is 26.4. The Morgan fingerprint density at radius 2 is 1.24 bits per heavy atom. The highest BCUT2D eigenvalue weighted by atomic mass is 16.6. The molecule has 0 saturated carbocycles. The van der Waals surface area contributed by atoms with Crippen LogP contribution >= 0.6 is 0 Å². The first kappa shape index (κ1) is 23.0. The van der Waals surface area contributed by atoms with Gasteiger partial charge in [-0.05, 0) is 61.2 Å². The first-order valence-electron chi connectivity index (χ1n) is 11.2. The van der Waals surface area contributed by atoms with E-state index >= 15 is 0 Å². The van der Waals surface area contributed by atoms with Crippen LogP contribution in [0.1, 0.15) is 41.5 Å². The lowest BCUT2D eigenvalue weighted by Gasteiger charge is -2.21. The first-order valence-corrected chi connectivity index (χ1v) is 11.2. The lowest BCUT2D eigenvalue weighted by molar-refractivity contribution is 0.00708. The molecule has 0 bridgehead atoms. The van der Waals surface area contributed by atoms with Crippen LogP contribution in [0.4, 0.5) is 5.69 Å². The Morgan fingerprint density at radius 1 is 0.647 bits per heavy atom. The van der Waals surface area contributed by atoms with E-state index in [9.17, 15) is 9.59 Å². The van der Waals surface area contributed by atoms with Crippen LogP contribution in [0, 0.1) is 0 Å². The molecule has 170 valence electrons. The molecule has 34 heavy (non-hydrogen) atoms. The van der Waals surface area contributed by atoms with Crippen molar-refractivity contribution in [3.05, 3.63) is 114 Å². The van der Waals surface area contributed by atoms with Crippen LogP contribution in [0.15, 0.2) is 103 Å². The standard InChI is InChI=1S/C30H27NO3/c1-30(2,3)34-29(33)26-19-18-23(21-12-6-4-7-13-21)20-27(26)31-28(32)25-17-11-10-16-24(25)22-14-8-5-9-15-22/h4-20H,1-3H3,(H,31,32). The second kappa shape index (κ2) is 9.75. The number of carbonyl (C=O) groups is 2. The van der Waals surface area contributed by atoms with Gasteiger partial charge in [0.1, 0.15) is 5.60 Å². The zero-order valence-electron chi connectivity index (χ0n) is 19.5. The van der Waals surface area contributed by atoms with Gasteiger partial charge in [0.15, 0.2) is 0 Å². The zero-order valence-corrected chi connectivity index (χ0v) is 19.5. The lowest BCUT2D eigenvalue weighted by atomic mass is 9.98. The van der Waals surface area contributed by atoms with E-state index in [0.29, 0.717) is 16.8 Å². The zero-order chi connectivity index (χ0) is 24.1. The molecule has 0 heterocycles. The van der Waals surface area contributed by atoms with Gasteiger partial charge in [-0.1, -0.05) is 84.9 Å². The quantitative estimate of drug-likeness (QED) is 0.327. The van der Waals surface area contributed by atoms with Gasteiger partial charge in [-0.3, -0.25) is 4.79 Å². The molecular formula is C30H27NO3. The monoisotopic (exact) mass is 449 g/mol. The van der Waals surface area contributed by atoms with Gasteiger partial charge in [-0.2, -0.15) is 0 Å². The molecule has 4 nitrogen and oxygen atoms in total. The Balaban J connectivity index is 1.74. The van der Waals surface area contributed by atoms with Gasteiger partial charge >= 0.3 is 5.97 Å². The number of carbonyl (C=O) groups excluding carboxylic acids is 2. The molecule has 0 atom stereocenters. The number of amides is 1. The van der Waals surface area contributed by atoms with E-state index < -0.39 is 11.6 Å². The highest BCUT2D eigenvalue weighted by Gasteiger charge is 2.22. The van der Waals surface area contributed by atoms with Crippen LogP contribution in [0.25, 0.3) is 22.3 Å². The van der Waals surface area contributed by atoms with Crippen LogP contribution < -0.4 is 5.32 Å².